The highest BCUT2D eigenvalue weighted by atomic mass is 31.2. The summed E-state index contributed by atoms with van der Waals surface area (Å²) in [5.41, 5.74) is 0. The van der Waals surface area contributed by atoms with E-state index in [0.717, 1.165) is 102 Å². The van der Waals surface area contributed by atoms with Gasteiger partial charge in [0.05, 0.1) is 26.4 Å². The smallest absolute Gasteiger partial charge is 0.462 e. The maximum Gasteiger partial charge on any atom is 0.472 e. The third kappa shape index (κ3) is 78.7. The molecule has 0 aromatic carbocycles. The van der Waals surface area contributed by atoms with E-state index in [4.69, 9.17) is 37.0 Å². The number of rotatable bonds is 86. The van der Waals surface area contributed by atoms with Crippen molar-refractivity contribution in [1.82, 2.24) is 0 Å². The molecule has 3 N–H and O–H groups in total. The SMILES string of the molecule is CCCCCCCCCCCCCCCCCCCCCCCC(=O)OC[C@H](COP(=O)(O)OC[C@@H](O)COP(=O)(O)OC[C@@H](COC(=O)CCCCCCCCCC(C)C)OC(=O)CCCCCCCCCCCCCCC)OC(=O)CCCCCCCCCCCCCCCCCCCCC(C)CC. The number of carbonyl (C=O) groups excluding carboxylic acids is 4. The predicted octanol–water partition coefficient (Wildman–Crippen LogP) is 26.6. The Hall–Kier alpha value is -1.94. The molecule has 0 fully saturated rings. The van der Waals surface area contributed by atoms with Gasteiger partial charge >= 0.3 is 39.5 Å². The summed E-state index contributed by atoms with van der Waals surface area (Å²) in [6.07, 6.45) is 71.0. The molecular weight excluding hydrogens is 1380 g/mol. The Morgan fingerprint density at radius 3 is 0.717 bits per heavy atom. The van der Waals surface area contributed by atoms with Crippen molar-refractivity contribution in [2.45, 2.75) is 484 Å². The number of aliphatic hydroxyl groups excluding tert-OH is 1. The molecule has 0 spiro atoms. The van der Waals surface area contributed by atoms with Gasteiger partial charge in [0.1, 0.15) is 19.3 Å². The number of hydrogen-bond acceptors (Lipinski definition) is 15. The van der Waals surface area contributed by atoms with Crippen LogP contribution in [-0.4, -0.2) is 96.7 Å². The Morgan fingerprint density at radius 2 is 0.481 bits per heavy atom. The summed E-state index contributed by atoms with van der Waals surface area (Å²) in [7, 11) is -9.93. The quantitative estimate of drug-likeness (QED) is 0.0222. The molecular formula is C87H170O17P2. The van der Waals surface area contributed by atoms with Gasteiger partial charge in [0, 0.05) is 25.7 Å². The molecule has 106 heavy (non-hydrogen) atoms. The summed E-state index contributed by atoms with van der Waals surface area (Å²) in [4.78, 5) is 73.2. The first kappa shape index (κ1) is 104. The van der Waals surface area contributed by atoms with Crippen molar-refractivity contribution in [1.29, 1.82) is 0 Å². The number of unbranched alkanes of at least 4 members (excludes halogenated alkanes) is 55. The number of phosphoric ester groups is 2. The zero-order valence-corrected chi connectivity index (χ0v) is 71.5. The molecule has 630 valence electrons. The molecule has 0 bridgehead atoms. The van der Waals surface area contributed by atoms with E-state index < -0.39 is 97.5 Å². The molecule has 6 atom stereocenters. The highest BCUT2D eigenvalue weighted by Gasteiger charge is 2.30. The van der Waals surface area contributed by atoms with Crippen LogP contribution >= 0.6 is 15.6 Å². The fraction of sp³-hybridized carbons (Fsp3) is 0.954. The number of ether oxygens (including phenoxy) is 4. The summed E-state index contributed by atoms with van der Waals surface area (Å²) in [5, 5.41) is 10.7. The van der Waals surface area contributed by atoms with Gasteiger partial charge in [-0.2, -0.15) is 0 Å². The molecule has 0 saturated heterocycles. The molecule has 19 heteroatoms. The first-order valence-electron chi connectivity index (χ1n) is 45.0. The lowest BCUT2D eigenvalue weighted by Gasteiger charge is -2.21. The van der Waals surface area contributed by atoms with Crippen LogP contribution in [0.5, 0.6) is 0 Å². The minimum absolute atomic E-state index is 0.107. The van der Waals surface area contributed by atoms with Crippen LogP contribution in [0, 0.1) is 11.8 Å². The number of aliphatic hydroxyl groups is 1. The molecule has 0 amide bonds. The average molecular weight is 1550 g/mol. The van der Waals surface area contributed by atoms with Crippen LogP contribution in [0.4, 0.5) is 0 Å². The van der Waals surface area contributed by atoms with E-state index in [0.29, 0.717) is 31.6 Å². The number of phosphoric acid groups is 2. The topological polar surface area (TPSA) is 237 Å². The number of hydrogen-bond donors (Lipinski definition) is 3. The van der Waals surface area contributed by atoms with Crippen molar-refractivity contribution in [3.8, 4) is 0 Å². The third-order valence-electron chi connectivity index (χ3n) is 20.8. The second-order valence-corrected chi connectivity index (χ2v) is 34.9. The molecule has 17 nitrogen and oxygen atoms in total. The summed E-state index contributed by atoms with van der Waals surface area (Å²) >= 11 is 0. The second kappa shape index (κ2) is 78.3. The van der Waals surface area contributed by atoms with E-state index in [1.165, 1.54) is 276 Å². The van der Waals surface area contributed by atoms with Crippen molar-refractivity contribution in [3.05, 3.63) is 0 Å². The predicted molar refractivity (Wildman–Crippen MR) is 437 cm³/mol. The summed E-state index contributed by atoms with van der Waals surface area (Å²) in [6.45, 7) is 9.68. The van der Waals surface area contributed by atoms with Crippen LogP contribution < -0.4 is 0 Å². The molecule has 0 aliphatic heterocycles. The Morgan fingerprint density at radius 1 is 0.274 bits per heavy atom. The monoisotopic (exact) mass is 1550 g/mol. The van der Waals surface area contributed by atoms with Crippen LogP contribution in [0.15, 0.2) is 0 Å². The molecule has 0 aromatic rings. The minimum Gasteiger partial charge on any atom is -0.462 e. The highest BCUT2D eigenvalue weighted by Crippen LogP contribution is 2.45. The Kier molecular flexibility index (Phi) is 76.9. The molecule has 0 radical (unpaired) electrons. The molecule has 0 aromatic heterocycles. The molecule has 0 rings (SSSR count). The maximum absolute atomic E-state index is 13.2. The minimum atomic E-state index is -4.97. The Bertz CT molecular complexity index is 2030. The van der Waals surface area contributed by atoms with E-state index in [1.54, 1.807) is 0 Å². The van der Waals surface area contributed by atoms with Crippen LogP contribution in [0.2, 0.25) is 0 Å². The van der Waals surface area contributed by atoms with Gasteiger partial charge in [0.15, 0.2) is 12.2 Å². The zero-order chi connectivity index (χ0) is 77.8. The van der Waals surface area contributed by atoms with Gasteiger partial charge in [-0.1, -0.05) is 414 Å². The lowest BCUT2D eigenvalue weighted by atomic mass is 9.99. The van der Waals surface area contributed by atoms with Gasteiger partial charge in [-0.25, -0.2) is 9.13 Å². The van der Waals surface area contributed by atoms with Gasteiger partial charge in [-0.15, -0.1) is 0 Å². The van der Waals surface area contributed by atoms with Crippen LogP contribution in [0.1, 0.15) is 465 Å². The Labute approximate surface area is 651 Å². The first-order valence-corrected chi connectivity index (χ1v) is 48.0. The van der Waals surface area contributed by atoms with E-state index in [1.807, 2.05) is 0 Å². The van der Waals surface area contributed by atoms with Gasteiger partial charge < -0.3 is 33.8 Å². The third-order valence-corrected chi connectivity index (χ3v) is 22.7. The van der Waals surface area contributed by atoms with E-state index in [-0.39, 0.29) is 25.7 Å². The second-order valence-electron chi connectivity index (χ2n) is 32.0. The normalized spacial score (nSPS) is 14.1. The molecule has 0 saturated carbocycles. The van der Waals surface area contributed by atoms with E-state index in [9.17, 15) is 43.2 Å². The van der Waals surface area contributed by atoms with Crippen LogP contribution in [-0.2, 0) is 65.4 Å². The maximum atomic E-state index is 13.2. The number of esters is 4. The van der Waals surface area contributed by atoms with Crippen molar-refractivity contribution >= 4 is 39.5 Å². The summed E-state index contributed by atoms with van der Waals surface area (Å²) < 4.78 is 68.9. The van der Waals surface area contributed by atoms with Crippen molar-refractivity contribution < 1.29 is 80.2 Å². The molecule has 0 aliphatic carbocycles. The van der Waals surface area contributed by atoms with Crippen molar-refractivity contribution in [3.63, 3.8) is 0 Å². The molecule has 3 unspecified atom stereocenters. The number of carbonyl (C=O) groups is 4. The fourth-order valence-corrected chi connectivity index (χ4v) is 15.1. The van der Waals surface area contributed by atoms with E-state index >= 15 is 0 Å². The van der Waals surface area contributed by atoms with Crippen LogP contribution in [0.3, 0.4) is 0 Å². The fourth-order valence-electron chi connectivity index (χ4n) is 13.6. The largest absolute Gasteiger partial charge is 0.472 e. The van der Waals surface area contributed by atoms with Gasteiger partial charge in [0.2, 0.25) is 0 Å². The zero-order valence-electron chi connectivity index (χ0n) is 69.7. The summed E-state index contributed by atoms with van der Waals surface area (Å²) in [6, 6.07) is 0. The molecule has 0 heterocycles. The Balaban J connectivity index is 5.20. The highest BCUT2D eigenvalue weighted by molar-refractivity contribution is 7.47. The lowest BCUT2D eigenvalue weighted by Crippen LogP contribution is -2.30. The van der Waals surface area contributed by atoms with E-state index in [2.05, 4.69) is 41.5 Å². The average Bonchev–Trinajstić information content (AvgIpc) is 0.901. The van der Waals surface area contributed by atoms with Gasteiger partial charge in [-0.3, -0.25) is 37.3 Å². The van der Waals surface area contributed by atoms with Crippen molar-refractivity contribution in [2.24, 2.45) is 11.8 Å². The van der Waals surface area contributed by atoms with Gasteiger partial charge in [-0.05, 0) is 37.5 Å². The standard InChI is InChI=1S/C87H170O17P2/c1-7-10-12-14-16-18-20-22-23-24-25-26-27-31-34-38-41-45-51-57-63-69-84(89)97-75-82(103-87(92)72-66-60-53-47-43-39-35-32-29-28-30-33-37-40-44-50-56-62-68-80(6)9-3)77-101-105(93,94)99-73-81(88)74-100-106(95,96)102-78-83(76-98-85(90)70-64-58-54-48-49-55-61-67-79(4)5)104-86(91)71-65-59-52-46-42-36-21-19-17-15-13-11-8-2/h79-83,88H,7-78H2,1-6H3,(H,93,94)(H,95,96)/t80?,81-,82-,83-/m1/s1. The van der Waals surface area contributed by atoms with Crippen molar-refractivity contribution in [2.75, 3.05) is 39.6 Å². The lowest BCUT2D eigenvalue weighted by molar-refractivity contribution is -0.161. The molecule has 0 aliphatic rings. The first-order chi connectivity index (χ1) is 51.4. The van der Waals surface area contributed by atoms with Gasteiger partial charge in [0.25, 0.3) is 0 Å². The summed E-state index contributed by atoms with van der Waals surface area (Å²) in [5.74, 6) is -0.527. The van der Waals surface area contributed by atoms with Crippen LogP contribution in [0.25, 0.3) is 0 Å².